The molecule has 0 saturated carbocycles. The zero-order chi connectivity index (χ0) is 15.6. The molecule has 8 heteroatoms. The van der Waals surface area contributed by atoms with E-state index in [9.17, 15) is 21.6 Å². The van der Waals surface area contributed by atoms with Gasteiger partial charge in [-0.2, -0.15) is 0 Å². The first-order chi connectivity index (χ1) is 9.03. The quantitative estimate of drug-likeness (QED) is 0.695. The Morgan fingerprint density at radius 2 is 1.60 bits per heavy atom. The molecular weight excluding hydrogens is 368 g/mol. The first-order valence-electron chi connectivity index (χ1n) is 5.72. The van der Waals surface area contributed by atoms with E-state index in [-0.39, 0.29) is 5.56 Å². The van der Waals surface area contributed by atoms with Gasteiger partial charge in [-0.3, -0.25) is 4.79 Å². The zero-order valence-electron chi connectivity index (χ0n) is 11.0. The first-order valence-corrected chi connectivity index (χ1v) is 10.3. The molecule has 0 heterocycles. The van der Waals surface area contributed by atoms with Crippen LogP contribution in [0.4, 0.5) is 0 Å². The lowest BCUT2D eigenvalue weighted by Crippen LogP contribution is -2.31. The van der Waals surface area contributed by atoms with Gasteiger partial charge in [0.05, 0.1) is 11.5 Å². The lowest BCUT2D eigenvalue weighted by Gasteiger charge is -2.11. The van der Waals surface area contributed by atoms with E-state index in [1.807, 2.05) is 0 Å². The Labute approximate surface area is 127 Å². The summed E-state index contributed by atoms with van der Waals surface area (Å²) < 4.78 is 46.8. The fraction of sp³-hybridized carbons (Fsp3) is 0.417. The Balaban J connectivity index is 2.90. The minimum Gasteiger partial charge on any atom is -0.293 e. The van der Waals surface area contributed by atoms with Crippen molar-refractivity contribution in [3.63, 3.8) is 0 Å². The van der Waals surface area contributed by atoms with Crippen LogP contribution in [0, 0.1) is 0 Å². The number of halogens is 1. The Morgan fingerprint density at radius 3 is 2.05 bits per heavy atom. The Hall–Kier alpha value is -0.730. The number of Topliss-reactive ketones (excluding diaryl/α,β-unsaturated/α-hetero) is 1. The van der Waals surface area contributed by atoms with E-state index in [1.165, 1.54) is 19.1 Å². The molecule has 0 amide bonds. The number of rotatable bonds is 6. The molecule has 1 aromatic rings. The minimum absolute atomic E-state index is 0.281. The summed E-state index contributed by atoms with van der Waals surface area (Å²) in [6.45, 7) is 1.28. The van der Waals surface area contributed by atoms with Crippen LogP contribution in [-0.2, 0) is 19.7 Å². The van der Waals surface area contributed by atoms with Crippen LogP contribution < -0.4 is 0 Å². The molecule has 5 nitrogen and oxygen atoms in total. The summed E-state index contributed by atoms with van der Waals surface area (Å²) in [5, 5.41) is -1.26. The second-order valence-electron chi connectivity index (χ2n) is 4.51. The average Bonchev–Trinajstić information content (AvgIpc) is 2.35. The van der Waals surface area contributed by atoms with Crippen LogP contribution in [0.5, 0.6) is 0 Å². The van der Waals surface area contributed by atoms with Crippen LogP contribution in [0.25, 0.3) is 0 Å². The van der Waals surface area contributed by atoms with E-state index in [0.29, 0.717) is 0 Å². The van der Waals surface area contributed by atoms with Crippen molar-refractivity contribution >= 4 is 41.4 Å². The van der Waals surface area contributed by atoms with E-state index in [1.54, 1.807) is 12.1 Å². The molecule has 1 unspecified atom stereocenters. The highest BCUT2D eigenvalue weighted by Crippen LogP contribution is 2.15. The highest BCUT2D eigenvalue weighted by atomic mass is 79.9. The molecule has 0 N–H and O–H groups in total. The van der Waals surface area contributed by atoms with Crippen molar-refractivity contribution in [1.82, 2.24) is 0 Å². The summed E-state index contributed by atoms with van der Waals surface area (Å²) in [7, 11) is -7.17. The molecule has 0 spiro atoms. The summed E-state index contributed by atoms with van der Waals surface area (Å²) in [5.74, 6) is -1.56. The summed E-state index contributed by atoms with van der Waals surface area (Å²) in [5.41, 5.74) is 0.281. The summed E-state index contributed by atoms with van der Waals surface area (Å²) in [6.07, 6.45) is 0.962. The van der Waals surface area contributed by atoms with Crippen LogP contribution in [0.3, 0.4) is 0 Å². The van der Waals surface area contributed by atoms with Crippen LogP contribution in [-0.4, -0.2) is 45.6 Å². The zero-order valence-corrected chi connectivity index (χ0v) is 14.3. The van der Waals surface area contributed by atoms with Crippen LogP contribution in [0.1, 0.15) is 17.3 Å². The molecule has 0 radical (unpaired) electrons. The molecule has 0 aliphatic carbocycles. The van der Waals surface area contributed by atoms with Crippen molar-refractivity contribution in [2.75, 3.05) is 17.8 Å². The number of benzene rings is 1. The van der Waals surface area contributed by atoms with Gasteiger partial charge in [-0.1, -0.05) is 28.1 Å². The van der Waals surface area contributed by atoms with Crippen molar-refractivity contribution in [3.8, 4) is 0 Å². The van der Waals surface area contributed by atoms with Gasteiger partial charge < -0.3 is 0 Å². The van der Waals surface area contributed by atoms with Gasteiger partial charge in [-0.25, -0.2) is 16.8 Å². The number of carbonyl (C=O) groups excluding carboxylic acids is 1. The third-order valence-corrected chi connectivity index (χ3v) is 6.57. The van der Waals surface area contributed by atoms with Gasteiger partial charge in [0.2, 0.25) is 0 Å². The highest BCUT2D eigenvalue weighted by Gasteiger charge is 2.29. The summed E-state index contributed by atoms with van der Waals surface area (Å²) in [6, 6.07) is 6.33. The minimum atomic E-state index is -3.79. The van der Waals surface area contributed by atoms with Gasteiger partial charge >= 0.3 is 0 Å². The van der Waals surface area contributed by atoms with Gasteiger partial charge in [-0.15, -0.1) is 0 Å². The van der Waals surface area contributed by atoms with E-state index >= 15 is 0 Å². The molecule has 1 atom stereocenters. The van der Waals surface area contributed by atoms with E-state index in [4.69, 9.17) is 0 Å². The van der Waals surface area contributed by atoms with Crippen LogP contribution >= 0.6 is 15.9 Å². The van der Waals surface area contributed by atoms with Gasteiger partial charge in [0.25, 0.3) is 0 Å². The van der Waals surface area contributed by atoms with E-state index < -0.39 is 42.2 Å². The highest BCUT2D eigenvalue weighted by molar-refractivity contribution is 9.10. The monoisotopic (exact) mass is 382 g/mol. The Bertz CT molecular complexity index is 690. The molecule has 0 aliphatic rings. The molecule has 1 aromatic carbocycles. The summed E-state index contributed by atoms with van der Waals surface area (Å²) in [4.78, 5) is 12.1. The molecular formula is C12H15BrO5S2. The predicted octanol–water partition coefficient (Wildman–Crippen LogP) is 1.48. The molecule has 0 aliphatic heterocycles. The van der Waals surface area contributed by atoms with Gasteiger partial charge in [-0.05, 0) is 19.1 Å². The topological polar surface area (TPSA) is 85.3 Å². The number of carbonyl (C=O) groups is 1. The smallest absolute Gasteiger partial charge is 0.180 e. The second kappa shape index (κ2) is 6.36. The van der Waals surface area contributed by atoms with Crippen molar-refractivity contribution in [3.05, 3.63) is 34.3 Å². The molecule has 112 valence electrons. The normalized spacial score (nSPS) is 13.9. The first kappa shape index (κ1) is 17.3. The van der Waals surface area contributed by atoms with Crippen molar-refractivity contribution < 1.29 is 21.6 Å². The lowest BCUT2D eigenvalue weighted by molar-refractivity contribution is 0.0991. The third-order valence-electron chi connectivity index (χ3n) is 2.78. The maximum atomic E-state index is 12.1. The molecule has 0 fully saturated rings. The maximum absolute atomic E-state index is 12.1. The third kappa shape index (κ3) is 4.99. The van der Waals surface area contributed by atoms with Crippen LogP contribution in [0.2, 0.25) is 0 Å². The number of ketones is 1. The van der Waals surface area contributed by atoms with Crippen LogP contribution in [0.15, 0.2) is 28.7 Å². The standard InChI is InChI=1S/C12H15BrO5S2/c1-9(20(17,18)8-7-19(2,15)16)12(14)10-3-5-11(13)6-4-10/h3-6,9H,7-8H2,1-2H3. The number of sulfone groups is 2. The fourth-order valence-corrected chi connectivity index (χ4v) is 4.68. The van der Waals surface area contributed by atoms with Gasteiger partial charge in [0.1, 0.15) is 15.1 Å². The number of hydrogen-bond donors (Lipinski definition) is 0. The molecule has 0 aromatic heterocycles. The Morgan fingerprint density at radius 1 is 1.10 bits per heavy atom. The van der Waals surface area contributed by atoms with Crippen molar-refractivity contribution in [2.24, 2.45) is 0 Å². The predicted molar refractivity (Wildman–Crippen MR) is 81.4 cm³/mol. The SMILES string of the molecule is CC(C(=O)c1ccc(Br)cc1)S(=O)(=O)CCS(C)(=O)=O. The van der Waals surface area contributed by atoms with Gasteiger partial charge in [0, 0.05) is 16.3 Å². The largest absolute Gasteiger partial charge is 0.293 e. The fourth-order valence-electron chi connectivity index (χ4n) is 1.46. The maximum Gasteiger partial charge on any atom is 0.180 e. The Kier molecular flexibility index (Phi) is 5.51. The van der Waals surface area contributed by atoms with Gasteiger partial charge in [0.15, 0.2) is 15.6 Å². The molecule has 20 heavy (non-hydrogen) atoms. The van der Waals surface area contributed by atoms with Crippen molar-refractivity contribution in [1.29, 1.82) is 0 Å². The number of hydrogen-bond acceptors (Lipinski definition) is 5. The van der Waals surface area contributed by atoms with Crippen molar-refractivity contribution in [2.45, 2.75) is 12.2 Å². The average molecular weight is 383 g/mol. The van der Waals surface area contributed by atoms with E-state index in [0.717, 1.165) is 10.7 Å². The lowest BCUT2D eigenvalue weighted by atomic mass is 10.1. The van der Waals surface area contributed by atoms with E-state index in [2.05, 4.69) is 15.9 Å². The molecule has 0 saturated heterocycles. The second-order valence-corrected chi connectivity index (χ2v) is 10.1. The summed E-state index contributed by atoms with van der Waals surface area (Å²) >= 11 is 3.22. The molecule has 1 rings (SSSR count). The molecule has 0 bridgehead atoms.